The second-order valence-corrected chi connectivity index (χ2v) is 4.83. The van der Waals surface area contributed by atoms with Crippen LogP contribution in [-0.4, -0.2) is 15.9 Å². The van der Waals surface area contributed by atoms with E-state index >= 15 is 0 Å². The fourth-order valence-corrected chi connectivity index (χ4v) is 2.34. The Kier molecular flexibility index (Phi) is 4.29. The number of carbonyl (C=O) groups excluding carboxylic acids is 1. The first-order valence-electron chi connectivity index (χ1n) is 6.63. The minimum atomic E-state index is 0.237. The van der Waals surface area contributed by atoms with Crippen LogP contribution in [0.25, 0.3) is 0 Å². The molecule has 0 radical (unpaired) electrons. The molecule has 17 heavy (non-hydrogen) atoms. The monoisotopic (exact) mass is 236 g/mol. The van der Waals surface area contributed by atoms with Gasteiger partial charge in [0.15, 0.2) is 5.82 Å². The number of unbranched alkanes of at least 4 members (excludes halogenated alkanes) is 1. The third-order valence-corrected chi connectivity index (χ3v) is 3.40. The normalized spacial score (nSPS) is 16.5. The average molecular weight is 236 g/mol. The Morgan fingerprint density at radius 1 is 1.41 bits per heavy atom. The Bertz CT molecular complexity index is 367. The van der Waals surface area contributed by atoms with Crippen LogP contribution in [0.5, 0.6) is 0 Å². The number of aryl methyl sites for hydroxylation is 1. The highest BCUT2D eigenvalue weighted by atomic mass is 16.5. The molecule has 1 saturated carbocycles. The summed E-state index contributed by atoms with van der Waals surface area (Å²) in [6.07, 6.45) is 7.79. The first kappa shape index (κ1) is 12.3. The third kappa shape index (κ3) is 3.38. The number of nitrogens with zero attached hydrogens (tertiary/aromatic N) is 2. The predicted octanol–water partition coefficient (Wildman–Crippen LogP) is 2.71. The smallest absolute Gasteiger partial charge is 0.234 e. The van der Waals surface area contributed by atoms with Gasteiger partial charge in [0.25, 0.3) is 0 Å². The number of aromatic nitrogens is 2. The second kappa shape index (κ2) is 5.94. The molecule has 0 saturated heterocycles. The standard InChI is InChI=1S/C13H20N2O2/c1-2-3-8-12-14-13(17-15-12)9-11(16)10-6-4-5-7-10/h10H,2-9H2,1H3. The lowest BCUT2D eigenvalue weighted by Crippen LogP contribution is -2.13. The van der Waals surface area contributed by atoms with Gasteiger partial charge in [-0.3, -0.25) is 4.79 Å². The van der Waals surface area contributed by atoms with Gasteiger partial charge in [-0.1, -0.05) is 31.3 Å². The molecule has 4 heteroatoms. The van der Waals surface area contributed by atoms with Crippen LogP contribution in [0.3, 0.4) is 0 Å². The molecule has 0 unspecified atom stereocenters. The summed E-state index contributed by atoms with van der Waals surface area (Å²) in [5, 5.41) is 3.90. The van der Waals surface area contributed by atoms with Crippen molar-refractivity contribution in [3.63, 3.8) is 0 Å². The van der Waals surface area contributed by atoms with Gasteiger partial charge in [-0.25, -0.2) is 0 Å². The summed E-state index contributed by atoms with van der Waals surface area (Å²) in [5.74, 6) is 1.74. The van der Waals surface area contributed by atoms with Crippen LogP contribution in [0.2, 0.25) is 0 Å². The molecule has 0 aromatic carbocycles. The minimum Gasteiger partial charge on any atom is -0.339 e. The van der Waals surface area contributed by atoms with E-state index < -0.39 is 0 Å². The van der Waals surface area contributed by atoms with Gasteiger partial charge >= 0.3 is 0 Å². The maximum absolute atomic E-state index is 11.9. The first-order chi connectivity index (χ1) is 8.29. The Balaban J connectivity index is 1.85. The van der Waals surface area contributed by atoms with Gasteiger partial charge in [0.2, 0.25) is 5.89 Å². The number of ketones is 1. The lowest BCUT2D eigenvalue weighted by molar-refractivity contribution is -0.122. The molecule has 0 bridgehead atoms. The number of hydrogen-bond acceptors (Lipinski definition) is 4. The highest BCUT2D eigenvalue weighted by Crippen LogP contribution is 2.26. The van der Waals surface area contributed by atoms with Crippen molar-refractivity contribution in [1.29, 1.82) is 0 Å². The maximum Gasteiger partial charge on any atom is 0.234 e. The van der Waals surface area contributed by atoms with Crippen molar-refractivity contribution in [3.05, 3.63) is 11.7 Å². The molecule has 0 amide bonds. The quantitative estimate of drug-likeness (QED) is 0.762. The van der Waals surface area contributed by atoms with Crippen molar-refractivity contribution < 1.29 is 9.32 Å². The van der Waals surface area contributed by atoms with E-state index in [4.69, 9.17) is 4.52 Å². The molecule has 0 aliphatic heterocycles. The van der Waals surface area contributed by atoms with Crippen molar-refractivity contribution in [2.45, 2.75) is 58.3 Å². The summed E-state index contributed by atoms with van der Waals surface area (Å²) in [6.45, 7) is 2.13. The van der Waals surface area contributed by atoms with E-state index in [1.54, 1.807) is 0 Å². The van der Waals surface area contributed by atoms with E-state index in [1.165, 1.54) is 12.8 Å². The summed E-state index contributed by atoms with van der Waals surface area (Å²) in [5.41, 5.74) is 0. The summed E-state index contributed by atoms with van der Waals surface area (Å²) >= 11 is 0. The number of Topliss-reactive ketones (excluding diaryl/α,β-unsaturated/α-hetero) is 1. The zero-order valence-corrected chi connectivity index (χ0v) is 10.4. The molecule has 1 aliphatic carbocycles. The van der Waals surface area contributed by atoms with E-state index in [0.29, 0.717) is 12.3 Å². The van der Waals surface area contributed by atoms with Crippen LogP contribution < -0.4 is 0 Å². The molecular weight excluding hydrogens is 216 g/mol. The lowest BCUT2D eigenvalue weighted by atomic mass is 10.0. The minimum absolute atomic E-state index is 0.237. The topological polar surface area (TPSA) is 56.0 Å². The van der Waals surface area contributed by atoms with E-state index in [-0.39, 0.29) is 11.7 Å². The Hall–Kier alpha value is -1.19. The zero-order chi connectivity index (χ0) is 12.1. The fraction of sp³-hybridized carbons (Fsp3) is 0.769. The van der Waals surface area contributed by atoms with Gasteiger partial charge in [-0.05, 0) is 19.3 Å². The molecule has 1 aromatic rings. The van der Waals surface area contributed by atoms with Gasteiger partial charge < -0.3 is 4.52 Å². The fourth-order valence-electron chi connectivity index (χ4n) is 2.34. The lowest BCUT2D eigenvalue weighted by Gasteiger charge is -2.04. The first-order valence-corrected chi connectivity index (χ1v) is 6.63. The van der Waals surface area contributed by atoms with E-state index in [2.05, 4.69) is 17.1 Å². The van der Waals surface area contributed by atoms with E-state index in [1.807, 2.05) is 0 Å². The summed E-state index contributed by atoms with van der Waals surface area (Å²) in [7, 11) is 0. The Labute approximate surface area is 102 Å². The molecular formula is C13H20N2O2. The van der Waals surface area contributed by atoms with Crippen LogP contribution >= 0.6 is 0 Å². The van der Waals surface area contributed by atoms with Crippen LogP contribution in [-0.2, 0) is 17.6 Å². The molecule has 1 heterocycles. The largest absolute Gasteiger partial charge is 0.339 e. The van der Waals surface area contributed by atoms with Gasteiger partial charge in [-0.15, -0.1) is 0 Å². The maximum atomic E-state index is 11.9. The second-order valence-electron chi connectivity index (χ2n) is 4.83. The van der Waals surface area contributed by atoms with Crippen molar-refractivity contribution in [1.82, 2.24) is 10.1 Å². The van der Waals surface area contributed by atoms with Crippen molar-refractivity contribution >= 4 is 5.78 Å². The van der Waals surface area contributed by atoms with Crippen LogP contribution in [0.1, 0.15) is 57.2 Å². The summed E-state index contributed by atoms with van der Waals surface area (Å²) in [4.78, 5) is 16.2. The number of carbonyl (C=O) groups is 1. The number of rotatable bonds is 6. The van der Waals surface area contributed by atoms with Crippen LogP contribution in [0.15, 0.2) is 4.52 Å². The van der Waals surface area contributed by atoms with Crippen molar-refractivity contribution in [3.8, 4) is 0 Å². The van der Waals surface area contributed by atoms with Crippen molar-refractivity contribution in [2.75, 3.05) is 0 Å². The van der Waals surface area contributed by atoms with Gasteiger partial charge in [0, 0.05) is 12.3 Å². The predicted molar refractivity (Wildman–Crippen MR) is 63.6 cm³/mol. The highest BCUT2D eigenvalue weighted by molar-refractivity contribution is 5.82. The van der Waals surface area contributed by atoms with Gasteiger partial charge in [0.1, 0.15) is 5.78 Å². The molecule has 1 fully saturated rings. The molecule has 0 spiro atoms. The third-order valence-electron chi connectivity index (χ3n) is 3.40. The van der Waals surface area contributed by atoms with Gasteiger partial charge in [-0.2, -0.15) is 4.98 Å². The Morgan fingerprint density at radius 2 is 2.18 bits per heavy atom. The molecule has 94 valence electrons. The van der Waals surface area contributed by atoms with Gasteiger partial charge in [0.05, 0.1) is 6.42 Å². The Morgan fingerprint density at radius 3 is 2.88 bits per heavy atom. The number of hydrogen-bond donors (Lipinski definition) is 0. The molecule has 4 nitrogen and oxygen atoms in total. The van der Waals surface area contributed by atoms with Crippen LogP contribution in [0, 0.1) is 5.92 Å². The molecule has 0 atom stereocenters. The average Bonchev–Trinajstić information content (AvgIpc) is 2.97. The highest BCUT2D eigenvalue weighted by Gasteiger charge is 2.24. The molecule has 1 aromatic heterocycles. The van der Waals surface area contributed by atoms with E-state index in [9.17, 15) is 4.79 Å². The van der Waals surface area contributed by atoms with Crippen molar-refractivity contribution in [2.24, 2.45) is 5.92 Å². The summed E-state index contributed by atoms with van der Waals surface area (Å²) in [6, 6.07) is 0. The SMILES string of the molecule is CCCCc1noc(CC(=O)C2CCCC2)n1. The summed E-state index contributed by atoms with van der Waals surface area (Å²) < 4.78 is 5.11. The molecule has 1 aliphatic rings. The molecule has 0 N–H and O–H groups in total. The molecule has 2 rings (SSSR count). The van der Waals surface area contributed by atoms with E-state index in [0.717, 1.165) is 37.9 Å². The zero-order valence-electron chi connectivity index (χ0n) is 10.4. The van der Waals surface area contributed by atoms with Crippen LogP contribution in [0.4, 0.5) is 0 Å².